The van der Waals surface area contributed by atoms with Gasteiger partial charge < -0.3 is 14.6 Å². The Hall–Kier alpha value is -2.16. The van der Waals surface area contributed by atoms with Crippen molar-refractivity contribution in [2.45, 2.75) is 12.8 Å². The Morgan fingerprint density at radius 3 is 2.88 bits per heavy atom. The summed E-state index contributed by atoms with van der Waals surface area (Å²) in [6.07, 6.45) is -2.51. The van der Waals surface area contributed by atoms with Gasteiger partial charge in [-0.2, -0.15) is 24.9 Å². The van der Waals surface area contributed by atoms with Crippen molar-refractivity contribution in [2.24, 2.45) is 0 Å². The van der Waals surface area contributed by atoms with E-state index in [2.05, 4.69) is 10.5 Å². The van der Waals surface area contributed by atoms with Gasteiger partial charge in [-0.3, -0.25) is 4.79 Å². The summed E-state index contributed by atoms with van der Waals surface area (Å²) in [6, 6.07) is 5.90. The minimum absolute atomic E-state index is 0.0483. The van der Waals surface area contributed by atoms with Crippen molar-refractivity contribution < 1.29 is 27.2 Å². The zero-order valence-electron chi connectivity index (χ0n) is 12.7. The Morgan fingerprint density at radius 2 is 2.17 bits per heavy atom. The number of hydrogen-bond donors (Lipinski definition) is 1. The molecule has 2 aromatic rings. The van der Waals surface area contributed by atoms with Gasteiger partial charge >= 0.3 is 6.18 Å². The third kappa shape index (κ3) is 5.19. The molecule has 0 aliphatic carbocycles. The fourth-order valence-corrected chi connectivity index (χ4v) is 2.07. The van der Waals surface area contributed by atoms with E-state index in [1.807, 2.05) is 6.26 Å². The van der Waals surface area contributed by atoms with Gasteiger partial charge in [0.1, 0.15) is 12.4 Å². The number of carbonyl (C=O) groups is 1. The molecule has 5 nitrogen and oxygen atoms in total. The number of nitrogens with one attached hydrogen (secondary N) is 1. The number of nitrogens with zero attached hydrogens (tertiary/aromatic N) is 1. The van der Waals surface area contributed by atoms with Crippen LogP contribution in [0.25, 0.3) is 0 Å². The van der Waals surface area contributed by atoms with E-state index in [0.29, 0.717) is 6.54 Å². The molecule has 0 saturated heterocycles. The molecule has 0 unspecified atom stereocenters. The summed E-state index contributed by atoms with van der Waals surface area (Å²) < 4.78 is 48.1. The number of carbonyl (C=O) groups excluding carboxylic acids is 1. The number of benzene rings is 1. The van der Waals surface area contributed by atoms with Crippen molar-refractivity contribution in [3.8, 4) is 5.75 Å². The van der Waals surface area contributed by atoms with E-state index in [4.69, 9.17) is 9.26 Å². The molecule has 1 amide bonds. The maximum Gasteiger partial charge on any atom is 0.416 e. The molecule has 1 aromatic heterocycles. The minimum Gasteiger partial charge on any atom is -0.486 e. The van der Waals surface area contributed by atoms with Gasteiger partial charge in [-0.25, -0.2) is 0 Å². The van der Waals surface area contributed by atoms with Crippen molar-refractivity contribution in [3.63, 3.8) is 0 Å². The van der Waals surface area contributed by atoms with Crippen LogP contribution in [0.5, 0.6) is 5.75 Å². The van der Waals surface area contributed by atoms with Crippen LogP contribution in [-0.2, 0) is 12.8 Å². The van der Waals surface area contributed by atoms with Crippen LogP contribution in [0.4, 0.5) is 13.2 Å². The van der Waals surface area contributed by atoms with E-state index in [-0.39, 0.29) is 29.7 Å². The van der Waals surface area contributed by atoms with Crippen LogP contribution >= 0.6 is 11.8 Å². The van der Waals surface area contributed by atoms with Gasteiger partial charge in [0.25, 0.3) is 5.91 Å². The van der Waals surface area contributed by atoms with Gasteiger partial charge in [0.15, 0.2) is 11.5 Å². The molecular weight excluding hydrogens is 345 g/mol. The van der Waals surface area contributed by atoms with Crippen LogP contribution in [0.15, 0.2) is 34.9 Å². The van der Waals surface area contributed by atoms with Gasteiger partial charge in [-0.05, 0) is 24.5 Å². The highest BCUT2D eigenvalue weighted by Crippen LogP contribution is 2.31. The first-order chi connectivity index (χ1) is 11.4. The highest BCUT2D eigenvalue weighted by molar-refractivity contribution is 7.98. The zero-order valence-corrected chi connectivity index (χ0v) is 13.5. The second kappa shape index (κ2) is 8.09. The summed E-state index contributed by atoms with van der Waals surface area (Å²) >= 11 is 1.59. The molecule has 0 saturated carbocycles. The summed E-state index contributed by atoms with van der Waals surface area (Å²) in [5, 5.41) is 6.27. The largest absolute Gasteiger partial charge is 0.486 e. The first-order valence-electron chi connectivity index (χ1n) is 6.93. The van der Waals surface area contributed by atoms with Crippen molar-refractivity contribution in [1.29, 1.82) is 0 Å². The lowest BCUT2D eigenvalue weighted by Crippen LogP contribution is -2.25. The molecule has 130 valence electrons. The van der Waals surface area contributed by atoms with Crippen molar-refractivity contribution in [2.75, 3.05) is 18.6 Å². The van der Waals surface area contributed by atoms with Crippen LogP contribution < -0.4 is 10.1 Å². The van der Waals surface area contributed by atoms with Crippen LogP contribution in [-0.4, -0.2) is 29.6 Å². The quantitative estimate of drug-likeness (QED) is 0.767. The van der Waals surface area contributed by atoms with E-state index in [1.165, 1.54) is 18.2 Å². The standard InChI is InChI=1S/C15H15F3N2O3S/c1-24-6-5-19-14(21)13-8-12(23-20-13)9-22-11-4-2-3-10(7-11)15(16,17)18/h2-4,7-8H,5-6,9H2,1H3,(H,19,21). The fourth-order valence-electron chi connectivity index (χ4n) is 1.76. The van der Waals surface area contributed by atoms with E-state index in [9.17, 15) is 18.0 Å². The van der Waals surface area contributed by atoms with Crippen molar-refractivity contribution in [1.82, 2.24) is 10.5 Å². The monoisotopic (exact) mass is 360 g/mol. The highest BCUT2D eigenvalue weighted by atomic mass is 32.2. The number of rotatable bonds is 7. The Balaban J connectivity index is 1.92. The summed E-state index contributed by atoms with van der Waals surface area (Å²) in [5.41, 5.74) is -0.704. The summed E-state index contributed by atoms with van der Waals surface area (Å²) in [6.45, 7) is 0.370. The molecule has 1 N–H and O–H groups in total. The van der Waals surface area contributed by atoms with Crippen LogP contribution in [0.3, 0.4) is 0 Å². The maximum atomic E-state index is 12.6. The number of halogens is 3. The molecule has 2 rings (SSSR count). The lowest BCUT2D eigenvalue weighted by Gasteiger charge is -2.09. The average molecular weight is 360 g/mol. The molecule has 0 spiro atoms. The second-order valence-electron chi connectivity index (χ2n) is 4.74. The lowest BCUT2D eigenvalue weighted by molar-refractivity contribution is -0.137. The van der Waals surface area contributed by atoms with E-state index < -0.39 is 11.7 Å². The SMILES string of the molecule is CSCCNC(=O)c1cc(COc2cccc(C(F)(F)F)c2)on1. The molecule has 0 bridgehead atoms. The van der Waals surface area contributed by atoms with E-state index in [0.717, 1.165) is 17.9 Å². The van der Waals surface area contributed by atoms with Gasteiger partial charge in [0.2, 0.25) is 0 Å². The molecule has 1 aromatic carbocycles. The number of amides is 1. The van der Waals surface area contributed by atoms with E-state index >= 15 is 0 Å². The number of ether oxygens (including phenoxy) is 1. The predicted molar refractivity (Wildman–Crippen MR) is 83.0 cm³/mol. The summed E-state index contributed by atoms with van der Waals surface area (Å²) in [4.78, 5) is 11.8. The summed E-state index contributed by atoms with van der Waals surface area (Å²) in [7, 11) is 0. The minimum atomic E-state index is -4.44. The maximum absolute atomic E-state index is 12.6. The van der Waals surface area contributed by atoms with Gasteiger partial charge in [0.05, 0.1) is 5.56 Å². The van der Waals surface area contributed by atoms with Crippen LogP contribution in [0, 0.1) is 0 Å². The molecule has 9 heteroatoms. The Bertz CT molecular complexity index is 689. The van der Waals surface area contributed by atoms with E-state index in [1.54, 1.807) is 11.8 Å². The first kappa shape index (κ1) is 18.2. The first-order valence-corrected chi connectivity index (χ1v) is 8.32. The highest BCUT2D eigenvalue weighted by Gasteiger charge is 2.30. The van der Waals surface area contributed by atoms with Crippen molar-refractivity contribution in [3.05, 3.63) is 47.3 Å². The molecule has 0 aliphatic rings. The number of alkyl halides is 3. The summed E-state index contributed by atoms with van der Waals surface area (Å²) in [5.74, 6) is 0.683. The molecule has 1 heterocycles. The smallest absolute Gasteiger partial charge is 0.416 e. The Labute approximate surface area is 140 Å². The molecule has 24 heavy (non-hydrogen) atoms. The third-order valence-electron chi connectivity index (χ3n) is 2.93. The molecule has 0 atom stereocenters. The van der Waals surface area contributed by atoms with Crippen LogP contribution in [0.2, 0.25) is 0 Å². The topological polar surface area (TPSA) is 64.4 Å². The molecule has 0 aliphatic heterocycles. The van der Waals surface area contributed by atoms with Gasteiger partial charge in [-0.1, -0.05) is 11.2 Å². The number of hydrogen-bond acceptors (Lipinski definition) is 5. The van der Waals surface area contributed by atoms with Crippen LogP contribution in [0.1, 0.15) is 21.8 Å². The number of aromatic nitrogens is 1. The predicted octanol–water partition coefficient (Wildman–Crippen LogP) is 3.37. The Kier molecular flexibility index (Phi) is 6.13. The second-order valence-corrected chi connectivity index (χ2v) is 5.73. The molecule has 0 fully saturated rings. The van der Waals surface area contributed by atoms with Crippen molar-refractivity contribution >= 4 is 17.7 Å². The normalized spacial score (nSPS) is 11.3. The number of thioether (sulfide) groups is 1. The van der Waals surface area contributed by atoms with Gasteiger partial charge in [0, 0.05) is 18.4 Å². The lowest BCUT2D eigenvalue weighted by atomic mass is 10.2. The molecular formula is C15H15F3N2O3S. The van der Waals surface area contributed by atoms with Gasteiger partial charge in [-0.15, -0.1) is 0 Å². The zero-order chi connectivity index (χ0) is 17.6. The third-order valence-corrected chi connectivity index (χ3v) is 3.54. The average Bonchev–Trinajstić information content (AvgIpc) is 3.02. The molecule has 0 radical (unpaired) electrons. The fraction of sp³-hybridized carbons (Fsp3) is 0.333. The Morgan fingerprint density at radius 1 is 1.38 bits per heavy atom.